The first-order valence-corrected chi connectivity index (χ1v) is 9.91. The molecule has 6 nitrogen and oxygen atoms in total. The molecule has 1 amide bonds. The van der Waals surface area contributed by atoms with E-state index < -0.39 is 5.91 Å². The second-order valence-corrected chi connectivity index (χ2v) is 6.67. The Kier molecular flexibility index (Phi) is 9.14. The van der Waals surface area contributed by atoms with Gasteiger partial charge in [-0.05, 0) is 54.5 Å². The summed E-state index contributed by atoms with van der Waals surface area (Å²) in [5, 5.41) is 12.0. The Balaban J connectivity index is 1.94. The number of nitriles is 1. The Morgan fingerprint density at radius 3 is 2.33 bits per heavy atom. The van der Waals surface area contributed by atoms with Crippen LogP contribution in [-0.2, 0) is 9.53 Å². The van der Waals surface area contributed by atoms with Gasteiger partial charge in [-0.25, -0.2) is 4.79 Å². The highest BCUT2D eigenvalue weighted by molar-refractivity contribution is 6.09. The maximum Gasteiger partial charge on any atom is 0.338 e. The lowest BCUT2D eigenvalue weighted by Crippen LogP contribution is -2.13. The zero-order chi connectivity index (χ0) is 21.8. The highest BCUT2D eigenvalue weighted by Gasteiger charge is 2.11. The molecule has 2 aromatic rings. The van der Waals surface area contributed by atoms with Gasteiger partial charge in [0.15, 0.2) is 0 Å². The van der Waals surface area contributed by atoms with Crippen LogP contribution in [0.25, 0.3) is 6.08 Å². The van der Waals surface area contributed by atoms with Crippen molar-refractivity contribution in [1.82, 2.24) is 0 Å². The number of rotatable bonds is 10. The summed E-state index contributed by atoms with van der Waals surface area (Å²) in [6.07, 6.45) is 5.65. The molecule has 0 aliphatic carbocycles. The van der Waals surface area contributed by atoms with Crippen molar-refractivity contribution < 1.29 is 19.1 Å². The smallest absolute Gasteiger partial charge is 0.338 e. The number of benzene rings is 2. The first-order chi connectivity index (χ1) is 14.6. The van der Waals surface area contributed by atoms with Crippen LogP contribution in [0.3, 0.4) is 0 Å². The lowest BCUT2D eigenvalue weighted by molar-refractivity contribution is -0.112. The van der Waals surface area contributed by atoms with Crippen LogP contribution in [0.1, 0.15) is 48.5 Å². The average molecular weight is 406 g/mol. The van der Waals surface area contributed by atoms with Crippen LogP contribution >= 0.6 is 0 Å². The van der Waals surface area contributed by atoms with E-state index in [9.17, 15) is 14.9 Å². The molecule has 0 aliphatic heterocycles. The van der Waals surface area contributed by atoms with E-state index in [1.165, 1.54) is 6.08 Å². The number of methoxy groups -OCH3 is 1. The van der Waals surface area contributed by atoms with Gasteiger partial charge in [-0.3, -0.25) is 4.79 Å². The van der Waals surface area contributed by atoms with Crippen molar-refractivity contribution in [2.24, 2.45) is 0 Å². The van der Waals surface area contributed by atoms with Crippen molar-refractivity contribution in [2.45, 2.75) is 32.6 Å². The number of carbonyl (C=O) groups is 2. The molecule has 0 atom stereocenters. The van der Waals surface area contributed by atoms with Gasteiger partial charge in [0.05, 0.1) is 19.3 Å². The number of hydrogen-bond donors (Lipinski definition) is 1. The van der Waals surface area contributed by atoms with Gasteiger partial charge >= 0.3 is 5.97 Å². The molecule has 0 aliphatic rings. The second-order valence-electron chi connectivity index (χ2n) is 6.67. The minimum absolute atomic E-state index is 0.0317. The highest BCUT2D eigenvalue weighted by Crippen LogP contribution is 2.16. The van der Waals surface area contributed by atoms with Crippen molar-refractivity contribution in [1.29, 1.82) is 5.26 Å². The van der Waals surface area contributed by atoms with Gasteiger partial charge in [0, 0.05) is 5.69 Å². The van der Waals surface area contributed by atoms with E-state index in [2.05, 4.69) is 12.2 Å². The van der Waals surface area contributed by atoms with Crippen LogP contribution in [-0.4, -0.2) is 25.6 Å². The molecule has 2 rings (SSSR count). The lowest BCUT2D eigenvalue weighted by atomic mass is 10.1. The molecule has 1 N–H and O–H groups in total. The van der Waals surface area contributed by atoms with Gasteiger partial charge in [-0.2, -0.15) is 5.26 Å². The minimum Gasteiger partial charge on any atom is -0.497 e. The first kappa shape index (κ1) is 22.7. The summed E-state index contributed by atoms with van der Waals surface area (Å²) < 4.78 is 10.3. The van der Waals surface area contributed by atoms with Gasteiger partial charge < -0.3 is 14.8 Å². The molecular formula is C24H26N2O4. The van der Waals surface area contributed by atoms with E-state index in [0.717, 1.165) is 25.7 Å². The predicted octanol–water partition coefficient (Wildman–Crippen LogP) is 4.98. The monoisotopic (exact) mass is 406 g/mol. The third-order valence-corrected chi connectivity index (χ3v) is 4.40. The van der Waals surface area contributed by atoms with Gasteiger partial charge in [-0.15, -0.1) is 0 Å². The summed E-state index contributed by atoms with van der Waals surface area (Å²) in [5.74, 6) is -0.226. The number of unbranched alkanes of at least 4 members (excludes halogenated alkanes) is 3. The number of amides is 1. The fourth-order valence-electron chi connectivity index (χ4n) is 2.68. The highest BCUT2D eigenvalue weighted by atomic mass is 16.5. The summed E-state index contributed by atoms with van der Waals surface area (Å²) in [7, 11) is 1.57. The third-order valence-electron chi connectivity index (χ3n) is 4.40. The maximum atomic E-state index is 12.4. The molecule has 0 saturated carbocycles. The Morgan fingerprint density at radius 2 is 1.73 bits per heavy atom. The SMILES string of the molecule is CCCCCCOC(=O)c1ccc(NC(=O)/C(C#N)=C/c2ccc(OC)cc2)cc1. The van der Waals surface area contributed by atoms with Gasteiger partial charge in [0.2, 0.25) is 0 Å². The summed E-state index contributed by atoms with van der Waals surface area (Å²) in [4.78, 5) is 24.4. The topological polar surface area (TPSA) is 88.4 Å². The molecule has 0 spiro atoms. The van der Waals surface area contributed by atoms with Crippen molar-refractivity contribution in [3.05, 3.63) is 65.2 Å². The molecule has 0 aromatic heterocycles. The molecule has 156 valence electrons. The fraction of sp³-hybridized carbons (Fsp3) is 0.292. The van der Waals surface area contributed by atoms with E-state index >= 15 is 0 Å². The van der Waals surface area contributed by atoms with E-state index in [-0.39, 0.29) is 11.5 Å². The van der Waals surface area contributed by atoms with Crippen molar-refractivity contribution in [3.8, 4) is 11.8 Å². The number of nitrogens with one attached hydrogen (secondary N) is 1. The number of carbonyl (C=O) groups excluding carboxylic acids is 2. The van der Waals surface area contributed by atoms with E-state index in [1.54, 1.807) is 55.6 Å². The predicted molar refractivity (Wildman–Crippen MR) is 116 cm³/mol. The zero-order valence-corrected chi connectivity index (χ0v) is 17.3. The minimum atomic E-state index is -0.528. The van der Waals surface area contributed by atoms with Crippen molar-refractivity contribution >= 4 is 23.6 Å². The average Bonchev–Trinajstić information content (AvgIpc) is 2.78. The van der Waals surface area contributed by atoms with E-state index in [0.29, 0.717) is 29.2 Å². The number of anilines is 1. The molecule has 6 heteroatoms. The van der Waals surface area contributed by atoms with Gasteiger partial charge in [0.1, 0.15) is 17.4 Å². The Labute approximate surface area is 177 Å². The summed E-state index contributed by atoms with van der Waals surface area (Å²) in [6, 6.07) is 15.3. The van der Waals surface area contributed by atoms with Crippen LogP contribution in [0.5, 0.6) is 5.75 Å². The van der Waals surface area contributed by atoms with E-state index in [4.69, 9.17) is 9.47 Å². The first-order valence-electron chi connectivity index (χ1n) is 9.91. The maximum absolute atomic E-state index is 12.4. The summed E-state index contributed by atoms with van der Waals surface area (Å²) in [5.41, 5.74) is 1.57. The van der Waals surface area contributed by atoms with Crippen LogP contribution in [0.4, 0.5) is 5.69 Å². The number of esters is 1. The van der Waals surface area contributed by atoms with Gasteiger partial charge in [0.25, 0.3) is 5.91 Å². The molecule has 0 fully saturated rings. The van der Waals surface area contributed by atoms with Crippen molar-refractivity contribution in [3.63, 3.8) is 0 Å². The van der Waals surface area contributed by atoms with Crippen LogP contribution in [0.15, 0.2) is 54.1 Å². The summed E-state index contributed by atoms with van der Waals surface area (Å²) >= 11 is 0. The Morgan fingerprint density at radius 1 is 1.03 bits per heavy atom. The second kappa shape index (κ2) is 12.1. The molecule has 0 saturated heterocycles. The van der Waals surface area contributed by atoms with Crippen molar-refractivity contribution in [2.75, 3.05) is 19.0 Å². The largest absolute Gasteiger partial charge is 0.497 e. The van der Waals surface area contributed by atoms with Gasteiger partial charge in [-0.1, -0.05) is 38.3 Å². The molecule has 0 heterocycles. The summed E-state index contributed by atoms with van der Waals surface area (Å²) in [6.45, 7) is 2.53. The van der Waals surface area contributed by atoms with Crippen LogP contribution < -0.4 is 10.1 Å². The Bertz CT molecular complexity index is 910. The normalized spacial score (nSPS) is 10.8. The van der Waals surface area contributed by atoms with E-state index in [1.807, 2.05) is 6.07 Å². The Hall–Kier alpha value is -3.59. The number of nitrogens with zero attached hydrogens (tertiary/aromatic N) is 1. The standard InChI is InChI=1S/C24H26N2O4/c1-3-4-5-6-15-30-24(28)19-9-11-21(12-10-19)26-23(27)20(17-25)16-18-7-13-22(29-2)14-8-18/h7-14,16H,3-6,15H2,1-2H3,(H,26,27)/b20-16+. The fourth-order valence-corrected chi connectivity index (χ4v) is 2.68. The molecule has 2 aromatic carbocycles. The third kappa shape index (κ3) is 7.10. The quantitative estimate of drug-likeness (QED) is 0.260. The lowest BCUT2D eigenvalue weighted by Gasteiger charge is -2.07. The van der Waals surface area contributed by atoms with Crippen LogP contribution in [0.2, 0.25) is 0 Å². The molecule has 0 radical (unpaired) electrons. The molecule has 0 unspecified atom stereocenters. The number of ether oxygens (including phenoxy) is 2. The van der Waals surface area contributed by atoms with Crippen LogP contribution in [0, 0.1) is 11.3 Å². The molecule has 30 heavy (non-hydrogen) atoms. The number of hydrogen-bond acceptors (Lipinski definition) is 5. The zero-order valence-electron chi connectivity index (χ0n) is 17.3. The molecule has 0 bridgehead atoms. The molecular weight excluding hydrogens is 380 g/mol.